The van der Waals surface area contributed by atoms with Gasteiger partial charge >= 0.3 is 13.1 Å². The minimum atomic E-state index is -1.77. The van der Waals surface area contributed by atoms with Gasteiger partial charge in [0, 0.05) is 65.6 Å². The van der Waals surface area contributed by atoms with Crippen LogP contribution in [0.15, 0.2) is 91.3 Å². The fourth-order valence-corrected chi connectivity index (χ4v) is 15.4. The van der Waals surface area contributed by atoms with Crippen molar-refractivity contribution in [2.45, 2.75) is 213 Å². The van der Waals surface area contributed by atoms with Gasteiger partial charge in [0.25, 0.3) is 0 Å². The van der Waals surface area contributed by atoms with Gasteiger partial charge in [0.2, 0.25) is 0 Å². The smallest absolute Gasteiger partial charge is 0.469 e. The zero-order valence-electron chi connectivity index (χ0n) is 54.6. The first kappa shape index (κ1) is 66.4. The van der Waals surface area contributed by atoms with Crippen molar-refractivity contribution in [3.05, 3.63) is 152 Å². The Hall–Kier alpha value is -5.12. The number of nitrogens with zero attached hydrogens (tertiary/aromatic N) is 1. The number of esters is 1. The Morgan fingerprint density at radius 3 is 1.36 bits per heavy atom. The minimum absolute atomic E-state index is 0.0845. The lowest BCUT2D eigenvalue weighted by Gasteiger charge is -2.38. The highest BCUT2D eigenvalue weighted by Gasteiger charge is 2.52. The lowest BCUT2D eigenvalue weighted by atomic mass is 9.68. The van der Waals surface area contributed by atoms with Gasteiger partial charge in [-0.3, -0.25) is 9.78 Å². The molecular weight excluding hydrogens is 1070 g/mol. The molecule has 0 bridgehead atoms. The number of rotatable bonds is 16. The zero-order valence-corrected chi connectivity index (χ0v) is 56.6. The molecule has 0 unspecified atom stereocenters. The van der Waals surface area contributed by atoms with Gasteiger partial charge < -0.3 is 32.4 Å². The molecule has 3 aliphatic heterocycles. The number of hydrogen-bond donors (Lipinski definition) is 0. The summed E-state index contributed by atoms with van der Waals surface area (Å²) in [6, 6.07) is 29.3. The van der Waals surface area contributed by atoms with E-state index >= 15 is 0 Å². The molecule has 3 aliphatic rings. The van der Waals surface area contributed by atoms with Crippen molar-refractivity contribution in [1.82, 2.24) is 4.98 Å². The Morgan fingerprint density at radius 2 is 0.976 bits per heavy atom. The first-order valence-electron chi connectivity index (χ1n) is 30.9. The molecule has 12 heteroatoms. The van der Waals surface area contributed by atoms with Crippen molar-refractivity contribution in [3.8, 4) is 34.8 Å². The normalized spacial score (nSPS) is 17.4. The van der Waals surface area contributed by atoms with Crippen LogP contribution in [0.4, 0.5) is 0 Å². The van der Waals surface area contributed by atoms with Gasteiger partial charge in [0.05, 0.1) is 51.2 Å². The standard InChI is InChI=1S/C37H47NO4Si.C35H51BO4Si/c1-9-37(10-2,33-13-14-34(28(4)22-33)31-23-29(25-38-26-31)24-35(39)40-5)32-12-11-30(27(3)21-32)15-16-36(42-43(6,7)8)17-19-41-20-18-36;1-12-35(13-2,30-16-17-31(27(4)25-30)36-38-32(5,6)33(7,8)39-36)29-15-14-28(26(3)24-29)18-19-34(40-41(9,10)11)20-22-37-23-21-34/h11-14,21-23,25-26H,9-10,17-20,24H2,1-8H3;14-17,24-25H,12-13,20-23H2,1-11H3. The summed E-state index contributed by atoms with van der Waals surface area (Å²) in [5.41, 5.74) is 14.6. The molecule has 9 nitrogen and oxygen atoms in total. The maximum Gasteiger partial charge on any atom is 0.495 e. The van der Waals surface area contributed by atoms with Crippen molar-refractivity contribution >= 4 is 35.2 Å². The van der Waals surface area contributed by atoms with Gasteiger partial charge in [-0.05, 0) is 194 Å². The first-order valence-corrected chi connectivity index (χ1v) is 37.8. The number of aryl methyl sites for hydroxylation is 4. The molecule has 3 saturated heterocycles. The number of hydrogen-bond acceptors (Lipinski definition) is 9. The first-order chi connectivity index (χ1) is 39.5. The molecule has 0 amide bonds. The number of aromatic nitrogens is 1. The summed E-state index contributed by atoms with van der Waals surface area (Å²) in [6.07, 6.45) is 11.1. The molecule has 1 aromatic heterocycles. The number of carbonyl (C=O) groups is 1. The Kier molecular flexibility index (Phi) is 21.2. The summed E-state index contributed by atoms with van der Waals surface area (Å²) in [5, 5.41) is 0. The summed E-state index contributed by atoms with van der Waals surface area (Å²) < 4.78 is 42.2. The Labute approximate surface area is 508 Å². The number of methoxy groups -OCH3 is 1. The van der Waals surface area contributed by atoms with Crippen LogP contribution in [0.3, 0.4) is 0 Å². The molecule has 0 radical (unpaired) electrons. The van der Waals surface area contributed by atoms with Gasteiger partial charge in [-0.1, -0.05) is 118 Å². The molecule has 3 fully saturated rings. The van der Waals surface area contributed by atoms with Crippen molar-refractivity contribution in [2.24, 2.45) is 0 Å². The summed E-state index contributed by atoms with van der Waals surface area (Å²) in [5.74, 6) is 13.9. The number of carbonyl (C=O) groups excluding carboxylic acids is 1. The third kappa shape index (κ3) is 15.3. The van der Waals surface area contributed by atoms with Gasteiger partial charge in [-0.15, -0.1) is 0 Å². The van der Waals surface area contributed by atoms with Gasteiger partial charge in [0.15, 0.2) is 16.6 Å². The number of ether oxygens (including phenoxy) is 3. The summed E-state index contributed by atoms with van der Waals surface area (Å²) in [6.45, 7) is 42.5. The van der Waals surface area contributed by atoms with E-state index in [2.05, 4.69) is 224 Å². The van der Waals surface area contributed by atoms with Crippen LogP contribution >= 0.6 is 0 Å². The van der Waals surface area contributed by atoms with E-state index in [1.54, 1.807) is 6.20 Å². The Bertz CT molecular complexity index is 3220. The SMILES string of the molecule is CCC(CC)(c1ccc(C#CC2(O[Si](C)(C)C)CCOCC2)c(C)c1)c1ccc(-c2cncc(CC(=O)OC)c2)c(C)c1.CCC(CC)(c1ccc(C#CC2(O[Si](C)(C)C)CCOCC2)c(C)c1)c1ccc(B2OC(C)(C)C(C)(C)O2)c(C)c1. The van der Waals surface area contributed by atoms with Crippen LogP contribution < -0.4 is 5.46 Å². The predicted molar refractivity (Wildman–Crippen MR) is 350 cm³/mol. The molecule has 84 heavy (non-hydrogen) atoms. The molecule has 0 N–H and O–H groups in total. The van der Waals surface area contributed by atoms with E-state index in [1.807, 2.05) is 12.3 Å². The number of benzene rings is 4. The summed E-state index contributed by atoms with van der Waals surface area (Å²) >= 11 is 0. The van der Waals surface area contributed by atoms with Crippen LogP contribution in [0.25, 0.3) is 11.1 Å². The second-order valence-corrected chi connectivity index (χ2v) is 35.7. The average Bonchev–Trinajstić information content (AvgIpc) is 1.84. The summed E-state index contributed by atoms with van der Waals surface area (Å²) in [4.78, 5) is 16.2. The molecular formula is C72H98BNO8Si2. The predicted octanol–water partition coefficient (Wildman–Crippen LogP) is 15.4. The van der Waals surface area contributed by atoms with Crippen LogP contribution in [0.2, 0.25) is 39.3 Å². The van der Waals surface area contributed by atoms with Crippen molar-refractivity contribution in [3.63, 3.8) is 0 Å². The third-order valence-corrected chi connectivity index (χ3v) is 20.2. The largest absolute Gasteiger partial charge is 0.495 e. The highest BCUT2D eigenvalue weighted by atomic mass is 28.4. The maximum atomic E-state index is 11.8. The highest BCUT2D eigenvalue weighted by molar-refractivity contribution is 6.70. The van der Waals surface area contributed by atoms with Gasteiger partial charge in [0.1, 0.15) is 11.2 Å². The lowest BCUT2D eigenvalue weighted by Crippen LogP contribution is -2.45. The molecule has 4 heterocycles. The topological polar surface area (TPSA) is 94.6 Å². The quantitative estimate of drug-likeness (QED) is 0.0544. The van der Waals surface area contributed by atoms with Crippen LogP contribution in [0.1, 0.15) is 168 Å². The van der Waals surface area contributed by atoms with E-state index < -0.39 is 27.8 Å². The second-order valence-electron chi connectivity index (χ2n) is 26.8. The monoisotopic (exact) mass is 1170 g/mol. The minimum Gasteiger partial charge on any atom is -0.469 e. The number of pyridine rings is 1. The fourth-order valence-electron chi connectivity index (χ4n) is 12.6. The zero-order chi connectivity index (χ0) is 61.5. The molecule has 450 valence electrons. The van der Waals surface area contributed by atoms with Crippen LogP contribution in [0.5, 0.6) is 0 Å². The Morgan fingerprint density at radius 1 is 0.571 bits per heavy atom. The van der Waals surface area contributed by atoms with E-state index in [4.69, 9.17) is 32.4 Å². The van der Waals surface area contributed by atoms with Crippen LogP contribution in [0, 0.1) is 51.4 Å². The van der Waals surface area contributed by atoms with Gasteiger partial charge in [-0.25, -0.2) is 0 Å². The lowest BCUT2D eigenvalue weighted by molar-refractivity contribution is -0.139. The molecule has 8 rings (SSSR count). The molecule has 0 atom stereocenters. The van der Waals surface area contributed by atoms with E-state index in [9.17, 15) is 4.79 Å². The fraction of sp³-hybridized carbons (Fsp3) is 0.528. The van der Waals surface area contributed by atoms with E-state index in [-0.39, 0.29) is 41.5 Å². The van der Waals surface area contributed by atoms with E-state index in [1.165, 1.54) is 51.6 Å². The van der Waals surface area contributed by atoms with Crippen LogP contribution in [-0.4, -0.2) is 90.6 Å². The molecule has 0 aliphatic carbocycles. The van der Waals surface area contributed by atoms with Crippen LogP contribution in [-0.2, 0) is 54.4 Å². The summed E-state index contributed by atoms with van der Waals surface area (Å²) in [7, 11) is -2.47. The highest BCUT2D eigenvalue weighted by Crippen LogP contribution is 2.43. The second kappa shape index (κ2) is 26.9. The molecule has 4 aromatic carbocycles. The van der Waals surface area contributed by atoms with Crippen molar-refractivity contribution < 1.29 is 37.2 Å². The van der Waals surface area contributed by atoms with E-state index in [0.717, 1.165) is 84.6 Å². The molecule has 0 saturated carbocycles. The Balaban J connectivity index is 0.000000241. The molecule has 0 spiro atoms. The maximum absolute atomic E-state index is 11.8. The van der Waals surface area contributed by atoms with Crippen molar-refractivity contribution in [2.75, 3.05) is 33.5 Å². The van der Waals surface area contributed by atoms with E-state index in [0.29, 0.717) is 26.4 Å². The average molecular weight is 1170 g/mol. The third-order valence-electron chi connectivity index (χ3n) is 18.2. The molecule has 5 aromatic rings. The van der Waals surface area contributed by atoms with Crippen molar-refractivity contribution in [1.29, 1.82) is 0 Å². The van der Waals surface area contributed by atoms with Gasteiger partial charge in [-0.2, -0.15) is 0 Å².